The first kappa shape index (κ1) is 11.8. The maximum absolute atomic E-state index is 13.1. The van der Waals surface area contributed by atoms with Gasteiger partial charge in [-0.05, 0) is 42.5 Å². The second kappa shape index (κ2) is 5.11. The maximum Gasteiger partial charge on any atom is 0.123 e. The van der Waals surface area contributed by atoms with E-state index >= 15 is 0 Å². The molecule has 0 aromatic heterocycles. The molecule has 0 spiro atoms. The molecule has 0 fully saturated rings. The van der Waals surface area contributed by atoms with Crippen molar-refractivity contribution in [3.05, 3.63) is 46.2 Å². The molecule has 1 unspecified atom stereocenters. The summed E-state index contributed by atoms with van der Waals surface area (Å²) < 4.78 is 14.0. The molecule has 1 aromatic rings. The van der Waals surface area contributed by atoms with Gasteiger partial charge in [-0.25, -0.2) is 4.39 Å². The van der Waals surface area contributed by atoms with Gasteiger partial charge in [0.1, 0.15) is 5.82 Å². The van der Waals surface area contributed by atoms with Gasteiger partial charge in [-0.2, -0.15) is 0 Å². The Bertz CT molecular complexity index is 403. The van der Waals surface area contributed by atoms with Gasteiger partial charge in [0, 0.05) is 17.1 Å². The van der Waals surface area contributed by atoms with E-state index in [2.05, 4.69) is 27.8 Å². The molecule has 1 aromatic carbocycles. The van der Waals surface area contributed by atoms with Gasteiger partial charge in [0.2, 0.25) is 0 Å². The van der Waals surface area contributed by atoms with E-state index in [0.717, 1.165) is 35.9 Å². The van der Waals surface area contributed by atoms with Gasteiger partial charge in [0.15, 0.2) is 0 Å². The molecule has 0 bridgehead atoms. The number of hydrogen-bond acceptors (Lipinski definition) is 1. The van der Waals surface area contributed by atoms with Crippen molar-refractivity contribution in [1.82, 2.24) is 5.32 Å². The lowest BCUT2D eigenvalue weighted by Gasteiger charge is -2.26. The summed E-state index contributed by atoms with van der Waals surface area (Å²) in [6.45, 7) is 4.56. The van der Waals surface area contributed by atoms with Crippen molar-refractivity contribution in [2.45, 2.75) is 25.3 Å². The zero-order valence-electron chi connectivity index (χ0n) is 9.10. The summed E-state index contributed by atoms with van der Waals surface area (Å²) in [7, 11) is 0. The van der Waals surface area contributed by atoms with Crippen molar-refractivity contribution in [2.24, 2.45) is 0 Å². The summed E-state index contributed by atoms with van der Waals surface area (Å²) in [5.41, 5.74) is 2.38. The highest BCUT2D eigenvalue weighted by molar-refractivity contribution is 9.11. The normalized spacial score (nSPS) is 19.2. The Morgan fingerprint density at radius 2 is 2.38 bits per heavy atom. The molecule has 16 heavy (non-hydrogen) atoms. The van der Waals surface area contributed by atoms with Gasteiger partial charge < -0.3 is 5.32 Å². The van der Waals surface area contributed by atoms with Crippen LogP contribution in [0.15, 0.2) is 29.3 Å². The third kappa shape index (κ3) is 2.71. The average Bonchev–Trinajstić information content (AvgIpc) is 2.25. The number of hydrogen-bond donors (Lipinski definition) is 1. The molecule has 0 amide bonds. The van der Waals surface area contributed by atoms with Crippen LogP contribution in [0.5, 0.6) is 0 Å². The largest absolute Gasteiger partial charge is 0.305 e. The Morgan fingerprint density at radius 1 is 1.56 bits per heavy atom. The molecular weight excluding hydrogens is 269 g/mol. The van der Waals surface area contributed by atoms with Crippen LogP contribution in [0.1, 0.15) is 30.0 Å². The van der Waals surface area contributed by atoms with Crippen molar-refractivity contribution < 1.29 is 4.39 Å². The standard InChI is InChI=1S/C13H15BrFN/c1-9(14)8-16-13-4-2-3-10-7-11(15)5-6-12(10)13/h5-7,13,16H,1-4,8H2. The molecule has 0 aliphatic heterocycles. The monoisotopic (exact) mass is 283 g/mol. The first-order valence-corrected chi connectivity index (χ1v) is 6.31. The third-order valence-electron chi connectivity index (χ3n) is 2.96. The fourth-order valence-corrected chi connectivity index (χ4v) is 2.39. The van der Waals surface area contributed by atoms with E-state index in [9.17, 15) is 4.39 Å². The summed E-state index contributed by atoms with van der Waals surface area (Å²) >= 11 is 3.34. The molecule has 0 radical (unpaired) electrons. The van der Waals surface area contributed by atoms with Crippen molar-refractivity contribution in [3.8, 4) is 0 Å². The summed E-state index contributed by atoms with van der Waals surface area (Å²) in [5.74, 6) is -0.135. The molecule has 2 rings (SSSR count). The number of fused-ring (bicyclic) bond motifs is 1. The first-order valence-electron chi connectivity index (χ1n) is 5.52. The number of halogens is 2. The third-order valence-corrected chi connectivity index (χ3v) is 3.24. The zero-order chi connectivity index (χ0) is 11.5. The second-order valence-electron chi connectivity index (χ2n) is 4.19. The minimum atomic E-state index is -0.135. The van der Waals surface area contributed by atoms with Crippen LogP contribution >= 0.6 is 15.9 Å². The minimum absolute atomic E-state index is 0.135. The van der Waals surface area contributed by atoms with E-state index in [4.69, 9.17) is 0 Å². The van der Waals surface area contributed by atoms with Gasteiger partial charge in [0.25, 0.3) is 0 Å². The Kier molecular flexibility index (Phi) is 3.77. The van der Waals surface area contributed by atoms with E-state index in [1.165, 1.54) is 5.56 Å². The lowest BCUT2D eigenvalue weighted by Crippen LogP contribution is -2.26. The lowest BCUT2D eigenvalue weighted by atomic mass is 9.87. The van der Waals surface area contributed by atoms with E-state index < -0.39 is 0 Å². The number of aryl methyl sites for hydroxylation is 1. The molecule has 0 heterocycles. The topological polar surface area (TPSA) is 12.0 Å². The zero-order valence-corrected chi connectivity index (χ0v) is 10.7. The highest BCUT2D eigenvalue weighted by Crippen LogP contribution is 2.30. The Morgan fingerprint density at radius 3 is 3.12 bits per heavy atom. The molecule has 1 atom stereocenters. The predicted octanol–water partition coefficient (Wildman–Crippen LogP) is 3.70. The summed E-state index contributed by atoms with van der Waals surface area (Å²) in [4.78, 5) is 0. The molecule has 86 valence electrons. The van der Waals surface area contributed by atoms with E-state index in [0.29, 0.717) is 6.04 Å². The number of benzene rings is 1. The molecule has 1 aliphatic carbocycles. The summed E-state index contributed by atoms with van der Waals surface area (Å²) in [5, 5.41) is 3.43. The van der Waals surface area contributed by atoms with Crippen LogP contribution in [0, 0.1) is 5.82 Å². The Balaban J connectivity index is 2.16. The first-order chi connectivity index (χ1) is 7.66. The summed E-state index contributed by atoms with van der Waals surface area (Å²) in [6, 6.07) is 5.44. The minimum Gasteiger partial charge on any atom is -0.305 e. The predicted molar refractivity (Wildman–Crippen MR) is 68.1 cm³/mol. The molecule has 1 N–H and O–H groups in total. The number of rotatable bonds is 3. The van der Waals surface area contributed by atoms with Gasteiger partial charge in [-0.15, -0.1) is 0 Å². The molecule has 0 saturated carbocycles. The van der Waals surface area contributed by atoms with Crippen LogP contribution in [-0.4, -0.2) is 6.54 Å². The lowest BCUT2D eigenvalue weighted by molar-refractivity contribution is 0.477. The molecule has 1 aliphatic rings. The fourth-order valence-electron chi connectivity index (χ4n) is 2.23. The van der Waals surface area contributed by atoms with E-state index in [1.54, 1.807) is 12.1 Å². The van der Waals surface area contributed by atoms with Crippen LogP contribution in [0.2, 0.25) is 0 Å². The second-order valence-corrected chi connectivity index (χ2v) is 5.31. The molecule has 0 saturated heterocycles. The maximum atomic E-state index is 13.1. The van der Waals surface area contributed by atoms with Gasteiger partial charge >= 0.3 is 0 Å². The highest BCUT2D eigenvalue weighted by Gasteiger charge is 2.19. The van der Waals surface area contributed by atoms with Crippen LogP contribution in [0.25, 0.3) is 0 Å². The van der Waals surface area contributed by atoms with Gasteiger partial charge in [0.05, 0.1) is 0 Å². The van der Waals surface area contributed by atoms with Crippen molar-refractivity contribution in [1.29, 1.82) is 0 Å². The summed E-state index contributed by atoms with van der Waals surface area (Å²) in [6.07, 6.45) is 3.21. The van der Waals surface area contributed by atoms with E-state index in [1.807, 2.05) is 6.07 Å². The van der Waals surface area contributed by atoms with Crippen LogP contribution in [0.3, 0.4) is 0 Å². The Labute approximate surface area is 104 Å². The average molecular weight is 284 g/mol. The molecular formula is C13H15BrFN. The van der Waals surface area contributed by atoms with Crippen LogP contribution in [-0.2, 0) is 6.42 Å². The Hall–Kier alpha value is -0.670. The fraction of sp³-hybridized carbons (Fsp3) is 0.385. The number of nitrogens with one attached hydrogen (secondary N) is 1. The van der Waals surface area contributed by atoms with Gasteiger partial charge in [-0.3, -0.25) is 0 Å². The van der Waals surface area contributed by atoms with Gasteiger partial charge in [-0.1, -0.05) is 28.6 Å². The van der Waals surface area contributed by atoms with E-state index in [-0.39, 0.29) is 5.82 Å². The SMILES string of the molecule is C=C(Br)CNC1CCCc2cc(F)ccc21. The van der Waals surface area contributed by atoms with Crippen LogP contribution < -0.4 is 5.32 Å². The van der Waals surface area contributed by atoms with Crippen molar-refractivity contribution >= 4 is 15.9 Å². The molecule has 1 nitrogen and oxygen atoms in total. The highest BCUT2D eigenvalue weighted by atomic mass is 79.9. The van der Waals surface area contributed by atoms with Crippen molar-refractivity contribution in [2.75, 3.05) is 6.54 Å². The van der Waals surface area contributed by atoms with Crippen molar-refractivity contribution in [3.63, 3.8) is 0 Å². The molecule has 3 heteroatoms. The van der Waals surface area contributed by atoms with Crippen LogP contribution in [0.4, 0.5) is 4.39 Å². The quantitative estimate of drug-likeness (QED) is 0.892. The smallest absolute Gasteiger partial charge is 0.123 e.